The lowest BCUT2D eigenvalue weighted by molar-refractivity contribution is 0.111. The normalized spacial score (nSPS) is 10.3. The summed E-state index contributed by atoms with van der Waals surface area (Å²) in [6, 6.07) is 10.2. The van der Waals surface area contributed by atoms with Gasteiger partial charge in [0.2, 0.25) is 0 Å². The number of carbonyl (C=O) groups is 1. The SMILES string of the molecule is Cn1cnc(CCc2ccccc2)c1C=O. The quantitative estimate of drug-likeness (QED) is 0.730. The van der Waals surface area contributed by atoms with E-state index in [1.807, 2.05) is 25.2 Å². The first kappa shape index (κ1) is 10.6. The summed E-state index contributed by atoms with van der Waals surface area (Å²) in [5.41, 5.74) is 2.82. The number of rotatable bonds is 4. The molecule has 0 spiro atoms. The van der Waals surface area contributed by atoms with Crippen LogP contribution < -0.4 is 0 Å². The van der Waals surface area contributed by atoms with Gasteiger partial charge in [-0.3, -0.25) is 4.79 Å². The minimum atomic E-state index is 0.677. The average molecular weight is 214 g/mol. The molecule has 0 aliphatic carbocycles. The van der Waals surface area contributed by atoms with Gasteiger partial charge in [0.05, 0.1) is 12.0 Å². The molecule has 3 nitrogen and oxygen atoms in total. The van der Waals surface area contributed by atoms with Crippen molar-refractivity contribution in [3.05, 3.63) is 53.6 Å². The number of carbonyl (C=O) groups excluding carboxylic acids is 1. The number of hydrogen-bond acceptors (Lipinski definition) is 2. The number of hydrogen-bond donors (Lipinski definition) is 0. The first-order chi connectivity index (χ1) is 7.81. The zero-order valence-electron chi connectivity index (χ0n) is 9.26. The van der Waals surface area contributed by atoms with Crippen molar-refractivity contribution in [2.45, 2.75) is 12.8 Å². The number of aldehydes is 1. The van der Waals surface area contributed by atoms with Crippen molar-refractivity contribution >= 4 is 6.29 Å². The van der Waals surface area contributed by atoms with Crippen LogP contribution in [0.5, 0.6) is 0 Å². The van der Waals surface area contributed by atoms with Crippen LogP contribution in [0.2, 0.25) is 0 Å². The number of imidazole rings is 1. The van der Waals surface area contributed by atoms with E-state index in [2.05, 4.69) is 17.1 Å². The Kier molecular flexibility index (Phi) is 3.15. The first-order valence-corrected chi connectivity index (χ1v) is 5.30. The van der Waals surface area contributed by atoms with E-state index in [9.17, 15) is 4.79 Å². The highest BCUT2D eigenvalue weighted by Crippen LogP contribution is 2.08. The Balaban J connectivity index is 2.08. The zero-order valence-corrected chi connectivity index (χ0v) is 9.26. The second-order valence-corrected chi connectivity index (χ2v) is 3.79. The van der Waals surface area contributed by atoms with E-state index >= 15 is 0 Å². The van der Waals surface area contributed by atoms with Crippen LogP contribution >= 0.6 is 0 Å². The molecular weight excluding hydrogens is 200 g/mol. The molecule has 1 aromatic carbocycles. The number of nitrogens with zero attached hydrogens (tertiary/aromatic N) is 2. The second-order valence-electron chi connectivity index (χ2n) is 3.79. The largest absolute Gasteiger partial charge is 0.331 e. The lowest BCUT2D eigenvalue weighted by Crippen LogP contribution is -1.99. The summed E-state index contributed by atoms with van der Waals surface area (Å²) in [6.07, 6.45) is 4.27. The number of benzene rings is 1. The van der Waals surface area contributed by atoms with Gasteiger partial charge in [0.25, 0.3) is 0 Å². The summed E-state index contributed by atoms with van der Waals surface area (Å²) in [7, 11) is 1.84. The van der Waals surface area contributed by atoms with E-state index < -0.39 is 0 Å². The monoisotopic (exact) mass is 214 g/mol. The summed E-state index contributed by atoms with van der Waals surface area (Å²) in [5.74, 6) is 0. The average Bonchev–Trinajstić information content (AvgIpc) is 2.68. The first-order valence-electron chi connectivity index (χ1n) is 5.30. The molecule has 0 aliphatic rings. The van der Waals surface area contributed by atoms with E-state index in [1.54, 1.807) is 10.9 Å². The molecule has 0 bridgehead atoms. The fourth-order valence-corrected chi connectivity index (χ4v) is 1.74. The van der Waals surface area contributed by atoms with Gasteiger partial charge in [-0.15, -0.1) is 0 Å². The van der Waals surface area contributed by atoms with Gasteiger partial charge in [0, 0.05) is 7.05 Å². The van der Waals surface area contributed by atoms with Crippen LogP contribution in [-0.4, -0.2) is 15.8 Å². The maximum Gasteiger partial charge on any atom is 0.168 e. The highest BCUT2D eigenvalue weighted by atomic mass is 16.1. The Morgan fingerprint density at radius 3 is 2.69 bits per heavy atom. The molecule has 0 atom stereocenters. The maximum absolute atomic E-state index is 10.9. The van der Waals surface area contributed by atoms with Gasteiger partial charge in [0.15, 0.2) is 6.29 Å². The fraction of sp³-hybridized carbons (Fsp3) is 0.231. The van der Waals surface area contributed by atoms with Crippen LogP contribution in [-0.2, 0) is 19.9 Å². The molecular formula is C13H14N2O. The Morgan fingerprint density at radius 1 is 1.25 bits per heavy atom. The van der Waals surface area contributed by atoms with Gasteiger partial charge in [0.1, 0.15) is 5.69 Å². The van der Waals surface area contributed by atoms with Gasteiger partial charge < -0.3 is 4.57 Å². The lowest BCUT2D eigenvalue weighted by atomic mass is 10.1. The van der Waals surface area contributed by atoms with Crippen LogP contribution in [0, 0.1) is 0 Å². The van der Waals surface area contributed by atoms with Crippen molar-refractivity contribution in [1.29, 1.82) is 0 Å². The van der Waals surface area contributed by atoms with Gasteiger partial charge in [-0.2, -0.15) is 0 Å². The third-order valence-electron chi connectivity index (χ3n) is 2.67. The molecule has 16 heavy (non-hydrogen) atoms. The summed E-state index contributed by atoms with van der Waals surface area (Å²) in [6.45, 7) is 0. The summed E-state index contributed by atoms with van der Waals surface area (Å²) >= 11 is 0. The smallest absolute Gasteiger partial charge is 0.168 e. The topological polar surface area (TPSA) is 34.9 Å². The van der Waals surface area contributed by atoms with Gasteiger partial charge in [-0.05, 0) is 18.4 Å². The van der Waals surface area contributed by atoms with Gasteiger partial charge >= 0.3 is 0 Å². The standard InChI is InChI=1S/C13H14N2O/c1-15-10-14-12(13(15)9-16)8-7-11-5-3-2-4-6-11/h2-6,9-10H,7-8H2,1H3. The second kappa shape index (κ2) is 4.75. The lowest BCUT2D eigenvalue weighted by Gasteiger charge is -2.00. The van der Waals surface area contributed by atoms with E-state index in [-0.39, 0.29) is 0 Å². The summed E-state index contributed by atoms with van der Waals surface area (Å²) < 4.78 is 1.76. The van der Waals surface area contributed by atoms with Crippen molar-refractivity contribution < 1.29 is 4.79 Å². The molecule has 1 aromatic heterocycles. The van der Waals surface area contributed by atoms with E-state index in [1.165, 1.54) is 5.56 Å². The highest BCUT2D eigenvalue weighted by molar-refractivity contribution is 5.73. The molecule has 0 saturated carbocycles. The summed E-state index contributed by atoms with van der Waals surface area (Å²) in [4.78, 5) is 15.1. The van der Waals surface area contributed by atoms with Crippen LogP contribution in [0.25, 0.3) is 0 Å². The van der Waals surface area contributed by atoms with Gasteiger partial charge in [-0.25, -0.2) is 4.98 Å². The van der Waals surface area contributed by atoms with Crippen molar-refractivity contribution in [2.24, 2.45) is 7.05 Å². The number of aromatic nitrogens is 2. The molecule has 82 valence electrons. The van der Waals surface area contributed by atoms with E-state index in [0.29, 0.717) is 5.69 Å². The molecule has 0 amide bonds. The predicted octanol–water partition coefficient (Wildman–Crippen LogP) is 2.02. The third kappa shape index (κ3) is 2.19. The van der Waals surface area contributed by atoms with Crippen LogP contribution in [0.3, 0.4) is 0 Å². The molecule has 0 N–H and O–H groups in total. The molecule has 1 heterocycles. The van der Waals surface area contributed by atoms with E-state index in [4.69, 9.17) is 0 Å². The molecule has 3 heteroatoms. The van der Waals surface area contributed by atoms with Crippen molar-refractivity contribution in [2.75, 3.05) is 0 Å². The van der Waals surface area contributed by atoms with Crippen molar-refractivity contribution in [1.82, 2.24) is 9.55 Å². The Morgan fingerprint density at radius 2 is 2.00 bits per heavy atom. The molecule has 0 aliphatic heterocycles. The predicted molar refractivity (Wildman–Crippen MR) is 62.4 cm³/mol. The zero-order chi connectivity index (χ0) is 11.4. The Bertz CT molecular complexity index is 474. The summed E-state index contributed by atoms with van der Waals surface area (Å²) in [5, 5.41) is 0. The van der Waals surface area contributed by atoms with Gasteiger partial charge in [-0.1, -0.05) is 30.3 Å². The van der Waals surface area contributed by atoms with Crippen molar-refractivity contribution in [3.8, 4) is 0 Å². The van der Waals surface area contributed by atoms with E-state index in [0.717, 1.165) is 24.8 Å². The van der Waals surface area contributed by atoms with Crippen LogP contribution in [0.15, 0.2) is 36.7 Å². The highest BCUT2D eigenvalue weighted by Gasteiger charge is 2.07. The molecule has 2 aromatic rings. The molecule has 0 saturated heterocycles. The van der Waals surface area contributed by atoms with Crippen LogP contribution in [0.1, 0.15) is 21.7 Å². The molecule has 2 rings (SSSR count). The minimum Gasteiger partial charge on any atom is -0.331 e. The molecule has 0 unspecified atom stereocenters. The Labute approximate surface area is 94.7 Å². The Hall–Kier alpha value is -1.90. The number of aryl methyl sites for hydroxylation is 3. The molecule has 0 radical (unpaired) electrons. The minimum absolute atomic E-state index is 0.677. The van der Waals surface area contributed by atoms with Crippen molar-refractivity contribution in [3.63, 3.8) is 0 Å². The molecule has 0 fully saturated rings. The third-order valence-corrected chi connectivity index (χ3v) is 2.67. The van der Waals surface area contributed by atoms with Crippen LogP contribution in [0.4, 0.5) is 0 Å². The fourth-order valence-electron chi connectivity index (χ4n) is 1.74. The maximum atomic E-state index is 10.9.